The maximum absolute atomic E-state index is 10.6. The Morgan fingerprint density at radius 1 is 0.562 bits per heavy atom. The van der Waals surface area contributed by atoms with Gasteiger partial charge >= 0.3 is 11.9 Å². The van der Waals surface area contributed by atoms with Crippen molar-refractivity contribution in [3.8, 4) is 67.8 Å². The average molecular weight is 1120 g/mol. The zero-order chi connectivity index (χ0) is 57.3. The van der Waals surface area contributed by atoms with Gasteiger partial charge in [-0.3, -0.25) is 0 Å². The fourth-order valence-corrected chi connectivity index (χ4v) is 9.22. The number of aliphatic hydroxyl groups excluding tert-OH is 2. The molecule has 0 radical (unpaired) electrons. The highest BCUT2D eigenvalue weighted by atomic mass is 32.1. The van der Waals surface area contributed by atoms with Crippen molar-refractivity contribution in [3.05, 3.63) is 203 Å². The molecule has 0 aliphatic carbocycles. The van der Waals surface area contributed by atoms with E-state index in [2.05, 4.69) is 72.6 Å². The first-order valence-corrected chi connectivity index (χ1v) is 27.0. The molecule has 4 aromatic carbocycles. The fourth-order valence-electron chi connectivity index (χ4n) is 7.71. The molecule has 6 N–H and O–H groups in total. The van der Waals surface area contributed by atoms with E-state index in [0.717, 1.165) is 56.3 Å². The minimum atomic E-state index is -1.26. The number of aliphatic hydroxyl groups is 2. The number of aliphatic carboxylic acids is 2. The van der Waals surface area contributed by atoms with Gasteiger partial charge in [0.2, 0.25) is 11.8 Å². The van der Waals surface area contributed by atoms with E-state index in [9.17, 15) is 30.3 Å². The second-order valence-electron chi connectivity index (χ2n) is 19.2. The van der Waals surface area contributed by atoms with Gasteiger partial charge in [-0.2, -0.15) is 10.5 Å². The molecular formula is C62H62N6O10S2. The number of aromatic nitrogens is 2. The van der Waals surface area contributed by atoms with Gasteiger partial charge in [0.25, 0.3) is 0 Å². The Kier molecular flexibility index (Phi) is 23.0. The minimum Gasteiger partial charge on any atom is -0.490 e. The summed E-state index contributed by atoms with van der Waals surface area (Å²) >= 11 is 3.33. The van der Waals surface area contributed by atoms with Crippen LogP contribution in [0.5, 0.6) is 34.8 Å². The Balaban J connectivity index is 0.000000227. The Hall–Kier alpha value is -8.72. The lowest BCUT2D eigenvalue weighted by atomic mass is 9.94. The number of hydrogen-bond acceptors (Lipinski definition) is 16. The Bertz CT molecular complexity index is 3100. The first kappa shape index (κ1) is 60.5. The third-order valence-electron chi connectivity index (χ3n) is 11.6. The Morgan fingerprint density at radius 3 is 1.30 bits per heavy atom. The number of rotatable bonds is 24. The van der Waals surface area contributed by atoms with E-state index in [0.29, 0.717) is 59.6 Å². The van der Waals surface area contributed by atoms with Crippen molar-refractivity contribution < 1.29 is 49.0 Å². The molecule has 0 spiro atoms. The van der Waals surface area contributed by atoms with Gasteiger partial charge in [0.05, 0.1) is 0 Å². The lowest BCUT2D eigenvalue weighted by molar-refractivity contribution is -0.134. The van der Waals surface area contributed by atoms with Crippen LogP contribution in [0.15, 0.2) is 181 Å². The molecule has 18 heteroatoms. The summed E-state index contributed by atoms with van der Waals surface area (Å²) in [6, 6.07) is 50.3. The normalized spacial score (nSPS) is 11.8. The average Bonchev–Trinajstić information content (AvgIpc) is 4.22. The van der Waals surface area contributed by atoms with Crippen molar-refractivity contribution >= 4 is 34.6 Å². The highest BCUT2D eigenvalue weighted by molar-refractivity contribution is 7.13. The van der Waals surface area contributed by atoms with Crippen LogP contribution < -0.4 is 29.6 Å². The van der Waals surface area contributed by atoms with E-state index in [1.54, 1.807) is 59.3 Å². The Labute approximate surface area is 473 Å². The van der Waals surface area contributed by atoms with Gasteiger partial charge in [0.15, 0.2) is 0 Å². The van der Waals surface area contributed by atoms with Crippen molar-refractivity contribution in [2.24, 2.45) is 0 Å². The molecule has 4 aromatic heterocycles. The number of benzene rings is 4. The number of carbonyl (C=O) groups is 2. The van der Waals surface area contributed by atoms with Crippen LogP contribution in [0.4, 0.5) is 0 Å². The molecule has 8 aromatic rings. The zero-order valence-electron chi connectivity index (χ0n) is 44.6. The fraction of sp³-hybridized carbons (Fsp3) is 0.226. The maximum Gasteiger partial charge on any atom is 0.328 e. The van der Waals surface area contributed by atoms with E-state index >= 15 is 0 Å². The summed E-state index contributed by atoms with van der Waals surface area (Å²) in [5.74, 6) is 0.860. The van der Waals surface area contributed by atoms with Crippen LogP contribution in [0, 0.1) is 22.7 Å². The van der Waals surface area contributed by atoms with E-state index in [-0.39, 0.29) is 24.3 Å². The van der Waals surface area contributed by atoms with Crippen molar-refractivity contribution in [1.82, 2.24) is 20.6 Å². The molecule has 412 valence electrons. The van der Waals surface area contributed by atoms with E-state index in [4.69, 9.17) is 29.2 Å². The van der Waals surface area contributed by atoms with Crippen LogP contribution >= 0.6 is 22.7 Å². The van der Waals surface area contributed by atoms with E-state index in [1.807, 2.05) is 120 Å². The van der Waals surface area contributed by atoms with Crippen LogP contribution in [0.25, 0.3) is 20.9 Å². The van der Waals surface area contributed by atoms with Gasteiger partial charge < -0.3 is 50.0 Å². The number of para-hydroxylation sites is 2. The summed E-state index contributed by atoms with van der Waals surface area (Å²) in [5, 5.41) is 66.1. The smallest absolute Gasteiger partial charge is 0.328 e. The number of carboxylic acid groups (broad SMARTS) is 2. The van der Waals surface area contributed by atoms with Crippen molar-refractivity contribution in [2.45, 2.75) is 63.8 Å². The molecule has 80 heavy (non-hydrogen) atoms. The Morgan fingerprint density at radius 2 is 0.950 bits per heavy atom. The van der Waals surface area contributed by atoms with Crippen molar-refractivity contribution in [1.29, 1.82) is 10.5 Å². The number of hydrogen-bond donors (Lipinski definition) is 6. The molecule has 8 rings (SSSR count). The largest absolute Gasteiger partial charge is 0.490 e. The summed E-state index contributed by atoms with van der Waals surface area (Å²) in [7, 11) is 0. The summed E-state index contributed by atoms with van der Waals surface area (Å²) in [5.41, 5.74) is 4.61. The SMILES string of the molecule is CC(C)(Cc1ccc(Oc2ncccc2C#N)cc1)NCC(O)COc1ccccc1-c1cccs1.CC(C)(Cc1ccc(Oc2ncccc2C#N)cc1)NCC(O)COc1ccccc1-c1cccs1.O=C(O)/C=C/C(=O)O. The van der Waals surface area contributed by atoms with Crippen LogP contribution in [0.2, 0.25) is 0 Å². The van der Waals surface area contributed by atoms with E-state index in [1.165, 1.54) is 0 Å². The van der Waals surface area contributed by atoms with Gasteiger partial charge in [-0.05, 0) is 147 Å². The number of pyridine rings is 2. The van der Waals surface area contributed by atoms with Gasteiger partial charge in [-0.1, -0.05) is 60.7 Å². The second-order valence-corrected chi connectivity index (χ2v) is 21.1. The molecule has 0 aliphatic rings. The topological polar surface area (TPSA) is 249 Å². The molecular weight excluding hydrogens is 1050 g/mol. The van der Waals surface area contributed by atoms with Gasteiger partial charge in [0, 0.05) is 69.6 Å². The van der Waals surface area contributed by atoms with E-state index < -0.39 is 24.1 Å². The monoisotopic (exact) mass is 1110 g/mol. The third kappa shape index (κ3) is 20.3. The minimum absolute atomic E-state index is 0.204. The van der Waals surface area contributed by atoms with Crippen LogP contribution in [0.1, 0.15) is 49.9 Å². The highest BCUT2D eigenvalue weighted by Crippen LogP contribution is 2.35. The number of carboxylic acids is 2. The summed E-state index contributed by atoms with van der Waals surface area (Å²) in [6.45, 7) is 9.63. The first-order valence-electron chi connectivity index (χ1n) is 25.2. The molecule has 0 bridgehead atoms. The maximum atomic E-state index is 10.6. The molecule has 2 atom stereocenters. The molecule has 0 amide bonds. The van der Waals surface area contributed by atoms with Gasteiger partial charge in [-0.25, -0.2) is 19.6 Å². The summed E-state index contributed by atoms with van der Waals surface area (Å²) < 4.78 is 23.5. The predicted octanol–water partition coefficient (Wildman–Crippen LogP) is 11.4. The quantitative estimate of drug-likeness (QED) is 0.0308. The lowest BCUT2D eigenvalue weighted by Gasteiger charge is -2.28. The van der Waals surface area contributed by atoms with Crippen molar-refractivity contribution in [3.63, 3.8) is 0 Å². The third-order valence-corrected chi connectivity index (χ3v) is 13.4. The summed E-state index contributed by atoms with van der Waals surface area (Å²) in [6.07, 6.45) is 4.53. The number of nitriles is 2. The molecule has 0 fully saturated rings. The molecule has 16 nitrogen and oxygen atoms in total. The molecule has 0 saturated carbocycles. The highest BCUT2D eigenvalue weighted by Gasteiger charge is 2.22. The number of ether oxygens (including phenoxy) is 4. The number of β-amino-alcohol motifs (C(OH)–C–C–N with tert-alkyl or cyclic N) is 2. The van der Waals surface area contributed by atoms with Crippen LogP contribution in [-0.4, -0.2) is 91.9 Å². The van der Waals surface area contributed by atoms with Crippen LogP contribution in [0.3, 0.4) is 0 Å². The predicted molar refractivity (Wildman–Crippen MR) is 309 cm³/mol. The molecule has 0 saturated heterocycles. The van der Waals surface area contributed by atoms with Gasteiger partial charge in [-0.15, -0.1) is 22.7 Å². The first-order chi connectivity index (χ1) is 38.5. The number of thiophene rings is 2. The summed E-state index contributed by atoms with van der Waals surface area (Å²) in [4.78, 5) is 29.7. The zero-order valence-corrected chi connectivity index (χ0v) is 46.2. The standard InChI is InChI=1S/2C29H29N3O3S.C4H4O4/c2*1-29(2,17-21-11-13-24(14-12-21)35-28-22(18-30)7-5-15-31-28)32-19-23(33)20-34-26-9-4-3-8-25(26)27-10-6-16-36-27;5-3(6)1-2-4(7)8/h2*3-16,23,32-33H,17,19-20H2,1-2H3;1-2H,(H,5,6)(H,7,8)/b;;2-1+. The number of nitrogens with one attached hydrogen (secondary N) is 2. The van der Waals surface area contributed by atoms with Crippen LogP contribution in [-0.2, 0) is 22.4 Å². The number of nitrogens with zero attached hydrogens (tertiary/aromatic N) is 4. The second kappa shape index (κ2) is 30.4. The molecule has 2 unspecified atom stereocenters. The lowest BCUT2D eigenvalue weighted by Crippen LogP contribution is -2.46. The molecule has 4 heterocycles. The van der Waals surface area contributed by atoms with Crippen molar-refractivity contribution in [2.75, 3.05) is 26.3 Å². The van der Waals surface area contributed by atoms with Gasteiger partial charge in [0.1, 0.15) is 71.7 Å². The molecule has 0 aliphatic heterocycles.